The zero-order valence-corrected chi connectivity index (χ0v) is 17.1. The molecule has 1 atom stereocenters. The summed E-state index contributed by atoms with van der Waals surface area (Å²) < 4.78 is 38.8. The number of alkyl halides is 3. The van der Waals surface area contributed by atoms with Gasteiger partial charge in [-0.2, -0.15) is 13.2 Å². The molecule has 1 aromatic heterocycles. The van der Waals surface area contributed by atoms with Gasteiger partial charge in [-0.1, -0.05) is 12.8 Å². The molecule has 0 aliphatic carbocycles. The van der Waals surface area contributed by atoms with Gasteiger partial charge < -0.3 is 15.1 Å². The molecule has 2 fully saturated rings. The average molecular weight is 413 g/mol. The number of amides is 2. The van der Waals surface area contributed by atoms with Crippen LogP contribution in [0.15, 0.2) is 12.3 Å². The van der Waals surface area contributed by atoms with E-state index >= 15 is 0 Å². The molecule has 29 heavy (non-hydrogen) atoms. The summed E-state index contributed by atoms with van der Waals surface area (Å²) >= 11 is 0. The van der Waals surface area contributed by atoms with Crippen LogP contribution in [-0.4, -0.2) is 52.6 Å². The number of rotatable bonds is 3. The summed E-state index contributed by atoms with van der Waals surface area (Å²) in [5, 5.41) is 3.01. The maximum Gasteiger partial charge on any atom is 0.433 e. The van der Waals surface area contributed by atoms with Crippen molar-refractivity contribution in [2.45, 2.75) is 70.6 Å². The summed E-state index contributed by atoms with van der Waals surface area (Å²) in [4.78, 5) is 24.3. The Morgan fingerprint density at radius 2 is 1.86 bits per heavy atom. The van der Waals surface area contributed by atoms with E-state index in [0.29, 0.717) is 19.0 Å². The van der Waals surface area contributed by atoms with Crippen molar-refractivity contribution >= 4 is 12.0 Å². The van der Waals surface area contributed by atoms with E-state index in [9.17, 15) is 18.0 Å². The van der Waals surface area contributed by atoms with E-state index in [1.165, 1.54) is 6.20 Å². The number of piperidine rings is 1. The molecule has 1 aromatic rings. The molecular formula is C20H30F3N5O. The second-order valence-corrected chi connectivity index (χ2v) is 8.28. The van der Waals surface area contributed by atoms with Crippen LogP contribution >= 0.6 is 0 Å². The van der Waals surface area contributed by atoms with Gasteiger partial charge >= 0.3 is 12.2 Å². The normalized spacial score (nSPS) is 21.9. The van der Waals surface area contributed by atoms with E-state index < -0.39 is 11.9 Å². The third-order valence-corrected chi connectivity index (χ3v) is 5.77. The smallest absolute Gasteiger partial charge is 0.341 e. The fraction of sp³-hybridized carbons (Fsp3) is 0.750. The summed E-state index contributed by atoms with van der Waals surface area (Å²) in [5.74, 6) is 0.474. The number of halogens is 3. The van der Waals surface area contributed by atoms with Crippen LogP contribution < -0.4 is 10.2 Å². The first-order valence-electron chi connectivity index (χ1n) is 10.5. The Balaban J connectivity index is 1.66. The number of carbonyl (C=O) groups is 1. The van der Waals surface area contributed by atoms with Crippen molar-refractivity contribution in [1.82, 2.24) is 20.2 Å². The Labute approximate surface area is 169 Å². The second kappa shape index (κ2) is 9.17. The van der Waals surface area contributed by atoms with Crippen LogP contribution in [0, 0.1) is 5.92 Å². The fourth-order valence-corrected chi connectivity index (χ4v) is 4.35. The Bertz CT molecular complexity index is 689. The van der Waals surface area contributed by atoms with Crippen molar-refractivity contribution in [3.05, 3.63) is 18.0 Å². The maximum absolute atomic E-state index is 12.9. The van der Waals surface area contributed by atoms with Crippen LogP contribution in [0.5, 0.6) is 0 Å². The lowest BCUT2D eigenvalue weighted by Gasteiger charge is -2.41. The lowest BCUT2D eigenvalue weighted by Crippen LogP contribution is -2.52. The minimum atomic E-state index is -4.47. The average Bonchev–Trinajstić information content (AvgIpc) is 2.93. The molecule has 0 radical (unpaired) electrons. The zero-order chi connectivity index (χ0) is 21.0. The van der Waals surface area contributed by atoms with Crippen molar-refractivity contribution < 1.29 is 18.0 Å². The van der Waals surface area contributed by atoms with E-state index in [0.717, 1.165) is 51.1 Å². The minimum absolute atomic E-state index is 0.00413. The lowest BCUT2D eigenvalue weighted by atomic mass is 9.86. The van der Waals surface area contributed by atoms with E-state index in [1.54, 1.807) is 0 Å². The highest BCUT2D eigenvalue weighted by atomic mass is 19.4. The molecule has 162 valence electrons. The number of carbonyl (C=O) groups excluding carboxylic acids is 1. The van der Waals surface area contributed by atoms with Crippen molar-refractivity contribution in [2.75, 3.05) is 24.5 Å². The summed E-state index contributed by atoms with van der Waals surface area (Å²) in [6.07, 6.45) is 2.55. The highest BCUT2D eigenvalue weighted by Crippen LogP contribution is 2.32. The Hall–Kier alpha value is -2.06. The van der Waals surface area contributed by atoms with Crippen molar-refractivity contribution in [1.29, 1.82) is 0 Å². The van der Waals surface area contributed by atoms with Gasteiger partial charge in [0.25, 0.3) is 0 Å². The Morgan fingerprint density at radius 1 is 1.14 bits per heavy atom. The van der Waals surface area contributed by atoms with Gasteiger partial charge in [-0.25, -0.2) is 14.8 Å². The largest absolute Gasteiger partial charge is 0.433 e. The second-order valence-electron chi connectivity index (χ2n) is 8.28. The molecule has 3 rings (SSSR count). The Kier molecular flexibility index (Phi) is 6.85. The van der Waals surface area contributed by atoms with Gasteiger partial charge in [0.2, 0.25) is 5.95 Å². The number of hydrogen-bond donors (Lipinski definition) is 1. The molecule has 0 aromatic carbocycles. The van der Waals surface area contributed by atoms with Gasteiger partial charge in [-0.15, -0.1) is 0 Å². The van der Waals surface area contributed by atoms with E-state index in [1.807, 2.05) is 23.6 Å². The Morgan fingerprint density at radius 3 is 2.52 bits per heavy atom. The van der Waals surface area contributed by atoms with Crippen LogP contribution in [0.4, 0.5) is 23.9 Å². The third kappa shape index (κ3) is 5.51. The number of nitrogens with zero attached hydrogens (tertiary/aromatic N) is 4. The molecule has 2 aliphatic heterocycles. The van der Waals surface area contributed by atoms with E-state index in [-0.39, 0.29) is 24.1 Å². The number of likely N-dealkylation sites (tertiary alicyclic amines) is 1. The minimum Gasteiger partial charge on any atom is -0.341 e. The highest BCUT2D eigenvalue weighted by Gasteiger charge is 2.36. The van der Waals surface area contributed by atoms with Crippen molar-refractivity contribution in [3.63, 3.8) is 0 Å². The lowest BCUT2D eigenvalue weighted by molar-refractivity contribution is -0.141. The predicted octanol–water partition coefficient (Wildman–Crippen LogP) is 4.07. The first kappa shape index (κ1) is 21.6. The van der Waals surface area contributed by atoms with E-state index in [2.05, 4.69) is 15.3 Å². The van der Waals surface area contributed by atoms with Crippen LogP contribution in [-0.2, 0) is 6.18 Å². The van der Waals surface area contributed by atoms with Gasteiger partial charge in [0.1, 0.15) is 5.69 Å². The molecule has 3 heterocycles. The standard InChI is InChI=1S/C20H30F3N5O/c1-14(2)25-19(29)28-11-5-3-4-6-16(28)15-8-12-27(13-9-15)18-24-10-7-17(26-18)20(21,22)23/h7,10,14-16H,3-6,8-9,11-13H2,1-2H3,(H,25,29)/t16-/m1/s1. The molecule has 2 aliphatic rings. The summed E-state index contributed by atoms with van der Waals surface area (Å²) in [7, 11) is 0. The van der Waals surface area contributed by atoms with Gasteiger partial charge in [0.05, 0.1) is 0 Å². The third-order valence-electron chi connectivity index (χ3n) is 5.77. The summed E-state index contributed by atoms with van der Waals surface area (Å²) in [5.41, 5.74) is -0.912. The monoisotopic (exact) mass is 413 g/mol. The molecule has 2 saturated heterocycles. The predicted molar refractivity (Wildman–Crippen MR) is 105 cm³/mol. The van der Waals surface area contributed by atoms with Crippen LogP contribution in [0.3, 0.4) is 0 Å². The van der Waals surface area contributed by atoms with E-state index in [4.69, 9.17) is 0 Å². The van der Waals surface area contributed by atoms with Gasteiger partial charge in [-0.05, 0) is 51.5 Å². The molecule has 0 spiro atoms. The molecule has 0 unspecified atom stereocenters. The first-order valence-corrected chi connectivity index (χ1v) is 10.5. The highest BCUT2D eigenvalue weighted by molar-refractivity contribution is 5.74. The molecule has 6 nitrogen and oxygen atoms in total. The molecule has 1 N–H and O–H groups in total. The topological polar surface area (TPSA) is 61.4 Å². The van der Waals surface area contributed by atoms with Gasteiger partial charge in [0, 0.05) is 37.9 Å². The van der Waals surface area contributed by atoms with Crippen LogP contribution in [0.1, 0.15) is 58.1 Å². The summed E-state index contributed by atoms with van der Waals surface area (Å²) in [6.45, 7) is 5.88. The van der Waals surface area contributed by atoms with Gasteiger partial charge in [-0.3, -0.25) is 0 Å². The summed E-state index contributed by atoms with van der Waals surface area (Å²) in [6, 6.07) is 1.16. The number of anilines is 1. The number of hydrogen-bond acceptors (Lipinski definition) is 4. The first-order chi connectivity index (χ1) is 13.8. The van der Waals surface area contributed by atoms with Crippen LogP contribution in [0.2, 0.25) is 0 Å². The van der Waals surface area contributed by atoms with Crippen molar-refractivity contribution in [2.24, 2.45) is 5.92 Å². The number of aromatic nitrogens is 2. The fourth-order valence-electron chi connectivity index (χ4n) is 4.35. The maximum atomic E-state index is 12.9. The molecule has 2 amide bonds. The number of nitrogens with one attached hydrogen (secondary N) is 1. The van der Waals surface area contributed by atoms with Crippen molar-refractivity contribution in [3.8, 4) is 0 Å². The van der Waals surface area contributed by atoms with Crippen LogP contribution in [0.25, 0.3) is 0 Å². The SMILES string of the molecule is CC(C)NC(=O)N1CCCCC[C@@H]1C1CCN(c2nccc(C(F)(F)F)n2)CC1. The van der Waals surface area contributed by atoms with Gasteiger partial charge in [0.15, 0.2) is 0 Å². The molecule has 9 heteroatoms. The number of urea groups is 1. The zero-order valence-electron chi connectivity index (χ0n) is 17.1. The molecule has 0 saturated carbocycles. The molecule has 0 bridgehead atoms. The quantitative estimate of drug-likeness (QED) is 0.811. The molecular weight excluding hydrogens is 383 g/mol.